The van der Waals surface area contributed by atoms with E-state index in [0.29, 0.717) is 16.1 Å². The molecule has 0 saturated heterocycles. The van der Waals surface area contributed by atoms with Crippen LogP contribution >= 0.6 is 11.6 Å². The molecule has 1 fully saturated rings. The Morgan fingerprint density at radius 2 is 1.82 bits per heavy atom. The molecule has 4 aromatic rings. The number of pyridine rings is 2. The molecule has 1 aromatic carbocycles. The standard InChI is InChI=1S/C23H22ClF3N6/c1-33-12-29-18-7-8-28-22(21(18)33)31-15-4-2-3-14(10-15)30-19-11-20(23(25,26)27)32-17-6-5-13(24)9-16(17)19/h5-9,11-12,14-15H,2-4,10H2,1H3,(H,28,31)(H,30,32)/t14-,15+/m0/s1. The summed E-state index contributed by atoms with van der Waals surface area (Å²) in [5, 5.41) is 7.89. The van der Waals surface area contributed by atoms with E-state index in [-0.39, 0.29) is 17.6 Å². The van der Waals surface area contributed by atoms with Crippen molar-refractivity contribution in [3.8, 4) is 0 Å². The highest BCUT2D eigenvalue weighted by atomic mass is 35.5. The van der Waals surface area contributed by atoms with Crippen LogP contribution in [0.5, 0.6) is 0 Å². The van der Waals surface area contributed by atoms with Crippen LogP contribution in [0, 0.1) is 0 Å². The molecule has 5 rings (SSSR count). The van der Waals surface area contributed by atoms with Gasteiger partial charge in [0.25, 0.3) is 0 Å². The lowest BCUT2D eigenvalue weighted by molar-refractivity contribution is -0.140. The van der Waals surface area contributed by atoms with Gasteiger partial charge in [-0.3, -0.25) is 0 Å². The second-order valence-corrected chi connectivity index (χ2v) is 8.88. The van der Waals surface area contributed by atoms with Gasteiger partial charge in [0.1, 0.15) is 11.2 Å². The third kappa shape index (κ3) is 4.42. The van der Waals surface area contributed by atoms with Crippen LogP contribution in [0.25, 0.3) is 21.9 Å². The van der Waals surface area contributed by atoms with Gasteiger partial charge in [0.2, 0.25) is 0 Å². The van der Waals surface area contributed by atoms with Crippen molar-refractivity contribution in [3.05, 3.63) is 53.6 Å². The number of halogens is 4. The van der Waals surface area contributed by atoms with Crippen LogP contribution in [-0.4, -0.2) is 31.6 Å². The lowest BCUT2D eigenvalue weighted by Crippen LogP contribution is -2.34. The molecule has 1 aliphatic carbocycles. The van der Waals surface area contributed by atoms with Gasteiger partial charge < -0.3 is 15.2 Å². The molecule has 2 N–H and O–H groups in total. The van der Waals surface area contributed by atoms with Gasteiger partial charge in [-0.15, -0.1) is 0 Å². The SMILES string of the molecule is Cn1cnc2ccnc(N[C@@H]3CCC[C@H](Nc4cc(C(F)(F)F)nc5ccc(Cl)cc45)C3)c21. The minimum Gasteiger partial charge on any atom is -0.382 e. The van der Waals surface area contributed by atoms with Gasteiger partial charge >= 0.3 is 6.18 Å². The average molecular weight is 475 g/mol. The number of imidazole rings is 1. The Kier molecular flexibility index (Phi) is 5.52. The van der Waals surface area contributed by atoms with Gasteiger partial charge in [-0.1, -0.05) is 11.6 Å². The van der Waals surface area contributed by atoms with Gasteiger partial charge in [0, 0.05) is 41.4 Å². The summed E-state index contributed by atoms with van der Waals surface area (Å²) in [7, 11) is 1.92. The van der Waals surface area contributed by atoms with Gasteiger partial charge in [-0.05, 0) is 56.0 Å². The van der Waals surface area contributed by atoms with Crippen LogP contribution in [0.2, 0.25) is 5.02 Å². The maximum atomic E-state index is 13.5. The number of rotatable bonds is 4. The first-order chi connectivity index (χ1) is 15.8. The Labute approximate surface area is 193 Å². The van der Waals surface area contributed by atoms with Crippen molar-refractivity contribution in [2.45, 2.75) is 43.9 Å². The number of aryl methyl sites for hydroxylation is 1. The van der Waals surface area contributed by atoms with E-state index in [2.05, 4.69) is 25.6 Å². The van der Waals surface area contributed by atoms with E-state index in [4.69, 9.17) is 11.6 Å². The third-order valence-corrected chi connectivity index (χ3v) is 6.30. The highest BCUT2D eigenvalue weighted by molar-refractivity contribution is 6.31. The monoisotopic (exact) mass is 474 g/mol. The van der Waals surface area contributed by atoms with E-state index in [1.807, 2.05) is 17.7 Å². The molecule has 0 amide bonds. The Balaban J connectivity index is 1.40. The van der Waals surface area contributed by atoms with Crippen LogP contribution in [-0.2, 0) is 13.2 Å². The number of anilines is 2. The van der Waals surface area contributed by atoms with Gasteiger partial charge in [0.05, 0.1) is 17.4 Å². The molecule has 0 unspecified atom stereocenters. The summed E-state index contributed by atoms with van der Waals surface area (Å²) in [6.07, 6.45) is 2.42. The molecule has 1 aliphatic rings. The minimum atomic E-state index is -4.53. The lowest BCUT2D eigenvalue weighted by atomic mass is 9.90. The normalized spacial score (nSPS) is 19.2. The second-order valence-electron chi connectivity index (χ2n) is 8.45. The highest BCUT2D eigenvalue weighted by Crippen LogP contribution is 2.35. The number of hydrogen-bond acceptors (Lipinski definition) is 5. The number of fused-ring (bicyclic) bond motifs is 2. The fourth-order valence-corrected chi connectivity index (χ4v) is 4.71. The molecule has 0 spiro atoms. The van der Waals surface area contributed by atoms with Crippen molar-refractivity contribution in [2.75, 3.05) is 10.6 Å². The fourth-order valence-electron chi connectivity index (χ4n) is 4.54. The number of benzene rings is 1. The zero-order valence-corrected chi connectivity index (χ0v) is 18.6. The largest absolute Gasteiger partial charge is 0.433 e. The second kappa shape index (κ2) is 8.37. The van der Waals surface area contributed by atoms with Crippen LogP contribution in [0.1, 0.15) is 31.4 Å². The van der Waals surface area contributed by atoms with Gasteiger partial charge in [-0.2, -0.15) is 13.2 Å². The van der Waals surface area contributed by atoms with Crippen LogP contribution in [0.4, 0.5) is 24.7 Å². The zero-order valence-electron chi connectivity index (χ0n) is 17.8. The summed E-state index contributed by atoms with van der Waals surface area (Å²) in [6, 6.07) is 7.78. The van der Waals surface area contributed by atoms with Gasteiger partial charge in [0.15, 0.2) is 5.82 Å². The Morgan fingerprint density at radius 1 is 1.03 bits per heavy atom. The Hall–Kier alpha value is -3.07. The molecule has 6 nitrogen and oxygen atoms in total. The van der Waals surface area contributed by atoms with Crippen LogP contribution in [0.3, 0.4) is 0 Å². The van der Waals surface area contributed by atoms with Crippen molar-refractivity contribution in [3.63, 3.8) is 0 Å². The molecule has 3 aromatic heterocycles. The van der Waals surface area contributed by atoms with Crippen LogP contribution < -0.4 is 10.6 Å². The summed E-state index contributed by atoms with van der Waals surface area (Å²) in [5.74, 6) is 0.763. The summed E-state index contributed by atoms with van der Waals surface area (Å²) in [6.45, 7) is 0. The topological polar surface area (TPSA) is 67.7 Å². The first-order valence-corrected chi connectivity index (χ1v) is 11.1. The minimum absolute atomic E-state index is 0.00680. The molecular weight excluding hydrogens is 453 g/mol. The molecule has 0 bridgehead atoms. The molecule has 2 atom stereocenters. The van der Waals surface area contributed by atoms with E-state index < -0.39 is 11.9 Å². The maximum absolute atomic E-state index is 13.5. The summed E-state index contributed by atoms with van der Waals surface area (Å²) < 4.78 is 42.3. The molecule has 1 saturated carbocycles. The quantitative estimate of drug-likeness (QED) is 0.378. The van der Waals surface area contributed by atoms with Crippen LogP contribution in [0.15, 0.2) is 42.9 Å². The lowest BCUT2D eigenvalue weighted by Gasteiger charge is -2.32. The highest BCUT2D eigenvalue weighted by Gasteiger charge is 2.34. The molecule has 0 aliphatic heterocycles. The van der Waals surface area contributed by atoms with E-state index in [1.54, 1.807) is 24.7 Å². The van der Waals surface area contributed by atoms with Crippen molar-refractivity contribution >= 4 is 45.0 Å². The molecule has 172 valence electrons. The van der Waals surface area contributed by atoms with Gasteiger partial charge in [-0.25, -0.2) is 15.0 Å². The van der Waals surface area contributed by atoms with Crippen molar-refractivity contribution < 1.29 is 13.2 Å². The smallest absolute Gasteiger partial charge is 0.382 e. The summed E-state index contributed by atoms with van der Waals surface area (Å²) in [4.78, 5) is 12.7. The first-order valence-electron chi connectivity index (χ1n) is 10.7. The van der Waals surface area contributed by atoms with E-state index in [9.17, 15) is 13.2 Å². The molecule has 3 heterocycles. The Morgan fingerprint density at radius 3 is 2.61 bits per heavy atom. The van der Waals surface area contributed by atoms with E-state index in [1.165, 1.54) is 6.07 Å². The number of alkyl halides is 3. The van der Waals surface area contributed by atoms with E-state index >= 15 is 0 Å². The summed E-state index contributed by atoms with van der Waals surface area (Å²) >= 11 is 6.13. The third-order valence-electron chi connectivity index (χ3n) is 6.06. The van der Waals surface area contributed by atoms with E-state index in [0.717, 1.165) is 48.6 Å². The van der Waals surface area contributed by atoms with Crippen molar-refractivity contribution in [1.82, 2.24) is 19.5 Å². The predicted molar refractivity (Wildman–Crippen MR) is 124 cm³/mol. The zero-order chi connectivity index (χ0) is 23.2. The molecule has 33 heavy (non-hydrogen) atoms. The first kappa shape index (κ1) is 21.8. The molecular formula is C23H22ClF3N6. The Bertz CT molecular complexity index is 1320. The molecule has 10 heteroatoms. The fraction of sp³-hybridized carbons (Fsp3) is 0.348. The summed E-state index contributed by atoms with van der Waals surface area (Å²) in [5.41, 5.74) is 1.52. The number of nitrogens with one attached hydrogen (secondary N) is 2. The average Bonchev–Trinajstić information content (AvgIpc) is 3.15. The molecule has 0 radical (unpaired) electrons. The number of nitrogens with zero attached hydrogens (tertiary/aromatic N) is 4. The predicted octanol–water partition coefficient (Wildman–Crippen LogP) is 6.02. The van der Waals surface area contributed by atoms with Crippen molar-refractivity contribution in [1.29, 1.82) is 0 Å². The van der Waals surface area contributed by atoms with Crippen molar-refractivity contribution in [2.24, 2.45) is 7.05 Å². The maximum Gasteiger partial charge on any atom is 0.433 e. The number of aromatic nitrogens is 4. The number of hydrogen-bond donors (Lipinski definition) is 2.